The number of rotatable bonds is 6. The Balaban J connectivity index is 1.67. The van der Waals surface area contributed by atoms with Crippen molar-refractivity contribution in [1.29, 1.82) is 0 Å². The van der Waals surface area contributed by atoms with E-state index in [4.69, 9.17) is 9.47 Å². The Morgan fingerprint density at radius 2 is 1.86 bits per heavy atom. The van der Waals surface area contributed by atoms with Crippen LogP contribution >= 0.6 is 0 Å². The summed E-state index contributed by atoms with van der Waals surface area (Å²) in [6, 6.07) is 11.7. The largest absolute Gasteiger partial charge is 0.493 e. The van der Waals surface area contributed by atoms with Crippen LogP contribution in [0.3, 0.4) is 0 Å². The highest BCUT2D eigenvalue weighted by molar-refractivity contribution is 5.95. The lowest BCUT2D eigenvalue weighted by Crippen LogP contribution is -2.48. The Morgan fingerprint density at radius 1 is 1.11 bits per heavy atom. The van der Waals surface area contributed by atoms with Crippen LogP contribution in [-0.4, -0.2) is 55.6 Å². The average Bonchev–Trinajstić information content (AvgIpc) is 2.74. The van der Waals surface area contributed by atoms with Gasteiger partial charge in [-0.1, -0.05) is 6.07 Å². The zero-order valence-electron chi connectivity index (χ0n) is 16.0. The maximum Gasteiger partial charge on any atom is 0.271 e. The number of nitro groups is 1. The van der Waals surface area contributed by atoms with E-state index in [-0.39, 0.29) is 11.6 Å². The highest BCUT2D eigenvalue weighted by Crippen LogP contribution is 2.29. The second kappa shape index (κ2) is 8.60. The van der Waals surface area contributed by atoms with Crippen LogP contribution in [-0.2, 0) is 0 Å². The number of methoxy groups -OCH3 is 1. The molecule has 0 saturated carbocycles. The van der Waals surface area contributed by atoms with Crippen molar-refractivity contribution in [3.05, 3.63) is 58.1 Å². The minimum absolute atomic E-state index is 0.0671. The molecule has 0 aromatic heterocycles. The van der Waals surface area contributed by atoms with Gasteiger partial charge in [0.15, 0.2) is 11.5 Å². The summed E-state index contributed by atoms with van der Waals surface area (Å²) in [5.41, 5.74) is 1.41. The monoisotopic (exact) mass is 385 g/mol. The number of amides is 1. The molecule has 3 rings (SSSR count). The first-order valence-electron chi connectivity index (χ1n) is 9.13. The van der Waals surface area contributed by atoms with E-state index in [0.29, 0.717) is 49.8 Å². The number of piperazine rings is 1. The Kier molecular flexibility index (Phi) is 5.98. The topological polar surface area (TPSA) is 85.2 Å². The second-order valence-electron chi connectivity index (χ2n) is 6.35. The van der Waals surface area contributed by atoms with Crippen molar-refractivity contribution in [3.63, 3.8) is 0 Å². The van der Waals surface area contributed by atoms with Gasteiger partial charge in [-0.2, -0.15) is 0 Å². The van der Waals surface area contributed by atoms with Gasteiger partial charge < -0.3 is 19.3 Å². The third-order valence-corrected chi connectivity index (χ3v) is 4.68. The van der Waals surface area contributed by atoms with Gasteiger partial charge in [-0.15, -0.1) is 0 Å². The summed E-state index contributed by atoms with van der Waals surface area (Å²) in [6.07, 6.45) is 0. The highest BCUT2D eigenvalue weighted by atomic mass is 16.6. The quantitative estimate of drug-likeness (QED) is 0.561. The number of benzene rings is 2. The maximum absolute atomic E-state index is 12.8. The van der Waals surface area contributed by atoms with E-state index in [2.05, 4.69) is 4.90 Å². The van der Waals surface area contributed by atoms with E-state index in [1.165, 1.54) is 6.07 Å². The van der Waals surface area contributed by atoms with Crippen molar-refractivity contribution >= 4 is 17.3 Å². The van der Waals surface area contributed by atoms with E-state index in [0.717, 1.165) is 5.69 Å². The van der Waals surface area contributed by atoms with E-state index in [1.807, 2.05) is 13.0 Å². The van der Waals surface area contributed by atoms with Crippen molar-refractivity contribution in [2.24, 2.45) is 0 Å². The molecule has 1 aliphatic heterocycles. The molecule has 148 valence electrons. The highest BCUT2D eigenvalue weighted by Gasteiger charge is 2.24. The molecule has 2 aromatic carbocycles. The second-order valence-corrected chi connectivity index (χ2v) is 6.35. The number of nitro benzene ring substituents is 1. The summed E-state index contributed by atoms with van der Waals surface area (Å²) in [5.74, 6) is 1.07. The molecule has 0 radical (unpaired) electrons. The zero-order valence-corrected chi connectivity index (χ0v) is 16.0. The lowest BCUT2D eigenvalue weighted by atomic mass is 10.1. The first-order valence-corrected chi connectivity index (χ1v) is 9.13. The molecule has 0 unspecified atom stereocenters. The van der Waals surface area contributed by atoms with Crippen LogP contribution in [0.1, 0.15) is 17.3 Å². The fourth-order valence-corrected chi connectivity index (χ4v) is 3.23. The summed E-state index contributed by atoms with van der Waals surface area (Å²) < 4.78 is 10.8. The number of hydrogen-bond acceptors (Lipinski definition) is 6. The van der Waals surface area contributed by atoms with Crippen LogP contribution in [0.25, 0.3) is 0 Å². The summed E-state index contributed by atoms with van der Waals surface area (Å²) in [7, 11) is 1.55. The Labute approximate surface area is 163 Å². The van der Waals surface area contributed by atoms with E-state index >= 15 is 0 Å². The molecule has 0 N–H and O–H groups in total. The molecule has 1 aliphatic rings. The molecular formula is C20H23N3O5. The number of ether oxygens (including phenoxy) is 2. The first kappa shape index (κ1) is 19.5. The summed E-state index contributed by atoms with van der Waals surface area (Å²) in [4.78, 5) is 27.2. The number of carbonyl (C=O) groups is 1. The van der Waals surface area contributed by atoms with E-state index in [9.17, 15) is 14.9 Å². The van der Waals surface area contributed by atoms with Crippen molar-refractivity contribution in [1.82, 2.24) is 4.90 Å². The Hall–Kier alpha value is -3.29. The molecule has 8 heteroatoms. The van der Waals surface area contributed by atoms with Crippen molar-refractivity contribution in [2.75, 3.05) is 44.8 Å². The minimum Gasteiger partial charge on any atom is -0.493 e. The van der Waals surface area contributed by atoms with Gasteiger partial charge in [0, 0.05) is 49.6 Å². The normalized spacial score (nSPS) is 13.9. The maximum atomic E-state index is 12.8. The van der Waals surface area contributed by atoms with Gasteiger partial charge in [0.05, 0.1) is 18.6 Å². The van der Waals surface area contributed by atoms with Crippen LogP contribution in [0.5, 0.6) is 11.5 Å². The molecule has 0 atom stereocenters. The average molecular weight is 385 g/mol. The molecular weight excluding hydrogens is 362 g/mol. The van der Waals surface area contributed by atoms with Gasteiger partial charge in [-0.05, 0) is 31.2 Å². The van der Waals surface area contributed by atoms with Crippen LogP contribution in [0.4, 0.5) is 11.4 Å². The van der Waals surface area contributed by atoms with Gasteiger partial charge in [-0.25, -0.2) is 0 Å². The molecule has 1 saturated heterocycles. The van der Waals surface area contributed by atoms with Gasteiger partial charge >= 0.3 is 0 Å². The smallest absolute Gasteiger partial charge is 0.271 e. The third-order valence-electron chi connectivity index (χ3n) is 4.68. The number of non-ortho nitro benzene ring substituents is 1. The summed E-state index contributed by atoms with van der Waals surface area (Å²) in [6.45, 7) is 4.71. The predicted octanol–water partition coefficient (Wildman–Crippen LogP) is 2.96. The van der Waals surface area contributed by atoms with Crippen LogP contribution in [0.15, 0.2) is 42.5 Å². The predicted molar refractivity (Wildman–Crippen MR) is 105 cm³/mol. The molecule has 0 aliphatic carbocycles. The van der Waals surface area contributed by atoms with E-state index in [1.54, 1.807) is 42.3 Å². The molecule has 0 spiro atoms. The fraction of sp³-hybridized carbons (Fsp3) is 0.350. The van der Waals surface area contributed by atoms with Gasteiger partial charge in [0.25, 0.3) is 11.6 Å². The number of carbonyl (C=O) groups excluding carboxylic acids is 1. The molecule has 1 heterocycles. The van der Waals surface area contributed by atoms with Gasteiger partial charge in [0.1, 0.15) is 0 Å². The van der Waals surface area contributed by atoms with Crippen molar-refractivity contribution in [2.45, 2.75) is 6.92 Å². The first-order chi connectivity index (χ1) is 13.5. The summed E-state index contributed by atoms with van der Waals surface area (Å²) in [5, 5.41) is 11.0. The molecule has 1 fully saturated rings. The number of anilines is 1. The molecule has 0 bridgehead atoms. The molecule has 28 heavy (non-hydrogen) atoms. The van der Waals surface area contributed by atoms with Gasteiger partial charge in [-0.3, -0.25) is 14.9 Å². The number of hydrogen-bond donors (Lipinski definition) is 0. The molecule has 2 aromatic rings. The number of nitrogens with zero attached hydrogens (tertiary/aromatic N) is 3. The van der Waals surface area contributed by atoms with E-state index < -0.39 is 4.92 Å². The van der Waals surface area contributed by atoms with Crippen molar-refractivity contribution < 1.29 is 19.2 Å². The molecule has 1 amide bonds. The fourth-order valence-electron chi connectivity index (χ4n) is 3.23. The molecule has 8 nitrogen and oxygen atoms in total. The van der Waals surface area contributed by atoms with Crippen LogP contribution < -0.4 is 14.4 Å². The lowest BCUT2D eigenvalue weighted by molar-refractivity contribution is -0.384. The van der Waals surface area contributed by atoms with Crippen LogP contribution in [0.2, 0.25) is 0 Å². The lowest BCUT2D eigenvalue weighted by Gasteiger charge is -2.36. The summed E-state index contributed by atoms with van der Waals surface area (Å²) >= 11 is 0. The Morgan fingerprint density at radius 3 is 2.50 bits per heavy atom. The Bertz CT molecular complexity index is 863. The van der Waals surface area contributed by atoms with Crippen molar-refractivity contribution in [3.8, 4) is 11.5 Å². The third kappa shape index (κ3) is 4.16. The minimum atomic E-state index is -0.400. The SMILES string of the molecule is CCOc1ccc(C(=O)N2CCN(c3cccc([N+](=O)[O-])c3)CC2)cc1OC. The zero-order chi connectivity index (χ0) is 20.1. The van der Waals surface area contributed by atoms with Crippen LogP contribution in [0, 0.1) is 10.1 Å². The standard InChI is InChI=1S/C20H23N3O5/c1-3-28-18-8-7-15(13-19(18)27-2)20(24)22-11-9-21(10-12-22)16-5-4-6-17(14-16)23(25)26/h4-8,13-14H,3,9-12H2,1-2H3. The van der Waals surface area contributed by atoms with Gasteiger partial charge in [0.2, 0.25) is 0 Å².